The van der Waals surface area contributed by atoms with E-state index in [1.54, 1.807) is 23.1 Å². The van der Waals surface area contributed by atoms with Gasteiger partial charge in [0, 0.05) is 31.8 Å². The van der Waals surface area contributed by atoms with E-state index in [-0.39, 0.29) is 25.2 Å². The van der Waals surface area contributed by atoms with E-state index in [0.29, 0.717) is 30.3 Å². The second-order valence-corrected chi connectivity index (χ2v) is 4.71. The Balaban J connectivity index is 2.19. The average molecular weight is 292 g/mol. The van der Waals surface area contributed by atoms with Crippen LogP contribution in [0.5, 0.6) is 11.5 Å². The summed E-state index contributed by atoms with van der Waals surface area (Å²) < 4.78 is 10.6. The number of likely N-dealkylation sites (N-methyl/N-ethyl adjacent to an activating group) is 1. The van der Waals surface area contributed by atoms with Gasteiger partial charge in [0.1, 0.15) is 6.54 Å². The molecular formula is C15H20N2O4. The van der Waals surface area contributed by atoms with Gasteiger partial charge in [0.15, 0.2) is 11.5 Å². The summed E-state index contributed by atoms with van der Waals surface area (Å²) in [5.41, 5.74) is 0.632. The maximum Gasteiger partial charge on any atom is 0.242 e. The molecule has 0 unspecified atom stereocenters. The van der Waals surface area contributed by atoms with Gasteiger partial charge in [-0.15, -0.1) is 0 Å². The lowest BCUT2D eigenvalue weighted by Crippen LogP contribution is -2.42. The number of rotatable bonds is 5. The van der Waals surface area contributed by atoms with E-state index >= 15 is 0 Å². The Morgan fingerprint density at radius 1 is 1.14 bits per heavy atom. The van der Waals surface area contributed by atoms with Crippen LogP contribution in [0.1, 0.15) is 20.8 Å². The monoisotopic (exact) mass is 292 g/mol. The summed E-state index contributed by atoms with van der Waals surface area (Å²) in [6.45, 7) is 6.73. The van der Waals surface area contributed by atoms with Gasteiger partial charge in [-0.2, -0.15) is 0 Å². The lowest BCUT2D eigenvalue weighted by atomic mass is 10.2. The van der Waals surface area contributed by atoms with Crippen molar-refractivity contribution in [1.82, 2.24) is 4.90 Å². The molecule has 0 saturated carbocycles. The number of benzene rings is 1. The summed E-state index contributed by atoms with van der Waals surface area (Å²) in [6.07, 6.45) is 0. The third-order valence-electron chi connectivity index (χ3n) is 3.46. The molecule has 6 heteroatoms. The highest BCUT2D eigenvalue weighted by molar-refractivity contribution is 5.97. The molecule has 0 fully saturated rings. The zero-order valence-corrected chi connectivity index (χ0v) is 12.6. The van der Waals surface area contributed by atoms with Crippen LogP contribution < -0.4 is 14.4 Å². The third kappa shape index (κ3) is 3.26. The lowest BCUT2D eigenvalue weighted by molar-refractivity contribution is -0.130. The Morgan fingerprint density at radius 3 is 2.43 bits per heavy atom. The predicted molar refractivity (Wildman–Crippen MR) is 78.5 cm³/mol. The number of ether oxygens (including phenoxy) is 2. The summed E-state index contributed by atoms with van der Waals surface area (Å²) >= 11 is 0. The van der Waals surface area contributed by atoms with Gasteiger partial charge in [-0.25, -0.2) is 0 Å². The maximum absolute atomic E-state index is 12.2. The van der Waals surface area contributed by atoms with Crippen LogP contribution in [-0.4, -0.2) is 43.1 Å². The number of anilines is 1. The number of carbonyl (C=O) groups is 2. The highest BCUT2D eigenvalue weighted by atomic mass is 16.7. The molecule has 0 aromatic heterocycles. The van der Waals surface area contributed by atoms with Gasteiger partial charge in [0.05, 0.1) is 0 Å². The van der Waals surface area contributed by atoms with E-state index in [0.717, 1.165) is 0 Å². The summed E-state index contributed by atoms with van der Waals surface area (Å²) in [5, 5.41) is 0. The molecule has 2 amide bonds. The highest BCUT2D eigenvalue weighted by Crippen LogP contribution is 2.35. The van der Waals surface area contributed by atoms with Crippen LogP contribution >= 0.6 is 0 Å². The van der Waals surface area contributed by atoms with Gasteiger partial charge in [-0.3, -0.25) is 9.59 Å². The van der Waals surface area contributed by atoms with E-state index in [4.69, 9.17) is 9.47 Å². The van der Waals surface area contributed by atoms with Crippen molar-refractivity contribution in [3.63, 3.8) is 0 Å². The van der Waals surface area contributed by atoms with Crippen LogP contribution in [0, 0.1) is 0 Å². The zero-order chi connectivity index (χ0) is 15.4. The largest absolute Gasteiger partial charge is 0.454 e. The molecule has 0 aliphatic carbocycles. The molecule has 2 rings (SSSR count). The Labute approximate surface area is 124 Å². The van der Waals surface area contributed by atoms with Crippen molar-refractivity contribution in [3.8, 4) is 11.5 Å². The van der Waals surface area contributed by atoms with E-state index < -0.39 is 0 Å². The smallest absolute Gasteiger partial charge is 0.242 e. The highest BCUT2D eigenvalue weighted by Gasteiger charge is 2.21. The van der Waals surface area contributed by atoms with Gasteiger partial charge in [0.25, 0.3) is 0 Å². The van der Waals surface area contributed by atoms with Gasteiger partial charge in [0.2, 0.25) is 18.6 Å². The Hall–Kier alpha value is -2.24. The number of amides is 2. The molecule has 0 saturated heterocycles. The first-order valence-electron chi connectivity index (χ1n) is 7.02. The molecule has 1 aromatic rings. The fourth-order valence-corrected chi connectivity index (χ4v) is 2.25. The first-order chi connectivity index (χ1) is 10.1. The number of fused-ring (bicyclic) bond motifs is 1. The minimum absolute atomic E-state index is 0.0245. The van der Waals surface area contributed by atoms with Gasteiger partial charge >= 0.3 is 0 Å². The minimum Gasteiger partial charge on any atom is -0.454 e. The minimum atomic E-state index is -0.186. The second kappa shape index (κ2) is 6.47. The van der Waals surface area contributed by atoms with Crippen LogP contribution in [0.3, 0.4) is 0 Å². The molecule has 0 atom stereocenters. The molecule has 6 nitrogen and oxygen atoms in total. The Morgan fingerprint density at radius 2 is 1.81 bits per heavy atom. The molecule has 1 aliphatic rings. The molecular weight excluding hydrogens is 272 g/mol. The normalized spacial score (nSPS) is 12.1. The number of carbonyl (C=O) groups excluding carboxylic acids is 2. The maximum atomic E-state index is 12.2. The van der Waals surface area contributed by atoms with Crippen molar-refractivity contribution in [1.29, 1.82) is 0 Å². The van der Waals surface area contributed by atoms with Crippen molar-refractivity contribution in [2.75, 3.05) is 31.3 Å². The summed E-state index contributed by atoms with van der Waals surface area (Å²) in [4.78, 5) is 27.2. The van der Waals surface area contributed by atoms with Crippen LogP contribution in [0.15, 0.2) is 18.2 Å². The number of hydrogen-bond acceptors (Lipinski definition) is 4. The van der Waals surface area contributed by atoms with E-state index in [9.17, 15) is 9.59 Å². The van der Waals surface area contributed by atoms with Gasteiger partial charge in [-0.1, -0.05) is 0 Å². The molecule has 0 spiro atoms. The Kier molecular flexibility index (Phi) is 4.67. The van der Waals surface area contributed by atoms with E-state index in [2.05, 4.69) is 0 Å². The summed E-state index contributed by atoms with van der Waals surface area (Å²) in [7, 11) is 0. The van der Waals surface area contributed by atoms with E-state index in [1.807, 2.05) is 13.8 Å². The number of nitrogens with zero attached hydrogens (tertiary/aromatic N) is 2. The molecule has 1 heterocycles. The van der Waals surface area contributed by atoms with Crippen molar-refractivity contribution in [3.05, 3.63) is 18.2 Å². The molecule has 21 heavy (non-hydrogen) atoms. The molecule has 1 aliphatic heterocycles. The quantitative estimate of drug-likeness (QED) is 0.827. The predicted octanol–water partition coefficient (Wildman–Crippen LogP) is 1.64. The van der Waals surface area contributed by atoms with Gasteiger partial charge < -0.3 is 19.3 Å². The molecule has 114 valence electrons. The average Bonchev–Trinajstić information content (AvgIpc) is 2.93. The SMILES string of the molecule is CCN(CC)C(=O)CN(C(C)=O)c1ccc2c(c1)OCO2. The Bertz CT molecular complexity index is 540. The van der Waals surface area contributed by atoms with Crippen molar-refractivity contribution >= 4 is 17.5 Å². The van der Waals surface area contributed by atoms with Crippen molar-refractivity contribution in [2.24, 2.45) is 0 Å². The van der Waals surface area contributed by atoms with E-state index in [1.165, 1.54) is 11.8 Å². The topological polar surface area (TPSA) is 59.1 Å². The van der Waals surface area contributed by atoms with Crippen LogP contribution in [0.4, 0.5) is 5.69 Å². The van der Waals surface area contributed by atoms with Gasteiger partial charge in [-0.05, 0) is 26.0 Å². The molecule has 1 aromatic carbocycles. The van der Waals surface area contributed by atoms with Crippen LogP contribution in [-0.2, 0) is 9.59 Å². The zero-order valence-electron chi connectivity index (χ0n) is 12.6. The molecule has 0 bridgehead atoms. The lowest BCUT2D eigenvalue weighted by Gasteiger charge is -2.25. The third-order valence-corrected chi connectivity index (χ3v) is 3.46. The molecule has 0 radical (unpaired) electrons. The summed E-state index contributed by atoms with van der Waals surface area (Å²) in [5.74, 6) is 0.980. The van der Waals surface area contributed by atoms with Crippen LogP contribution in [0.2, 0.25) is 0 Å². The summed E-state index contributed by atoms with van der Waals surface area (Å²) in [6, 6.07) is 5.22. The van der Waals surface area contributed by atoms with Crippen molar-refractivity contribution < 1.29 is 19.1 Å². The fraction of sp³-hybridized carbons (Fsp3) is 0.467. The standard InChI is InChI=1S/C15H20N2O4/c1-4-16(5-2)15(19)9-17(11(3)18)12-6-7-13-14(8-12)21-10-20-13/h6-8H,4-5,9-10H2,1-3H3. The first-order valence-corrected chi connectivity index (χ1v) is 7.02. The number of hydrogen-bond donors (Lipinski definition) is 0. The van der Waals surface area contributed by atoms with Crippen molar-refractivity contribution in [2.45, 2.75) is 20.8 Å². The second-order valence-electron chi connectivity index (χ2n) is 4.71. The molecule has 0 N–H and O–H groups in total. The first kappa shape index (κ1) is 15.2. The van der Waals surface area contributed by atoms with Crippen LogP contribution in [0.25, 0.3) is 0 Å². The fourth-order valence-electron chi connectivity index (χ4n) is 2.25.